The number of carbonyl (C=O) groups is 1. The molecule has 1 aliphatic carbocycles. The van der Waals surface area contributed by atoms with Crippen LogP contribution in [0.1, 0.15) is 12.8 Å². The summed E-state index contributed by atoms with van der Waals surface area (Å²) in [6, 6.07) is 0. The fourth-order valence-corrected chi connectivity index (χ4v) is 2.18. The van der Waals surface area contributed by atoms with Crippen LogP contribution in [0.3, 0.4) is 0 Å². The molecule has 0 saturated carbocycles. The van der Waals surface area contributed by atoms with Crippen LogP contribution in [-0.2, 0) is 14.3 Å². The summed E-state index contributed by atoms with van der Waals surface area (Å²) in [6.45, 7) is 0. The Balaban J connectivity index is 1.92. The van der Waals surface area contributed by atoms with Crippen LogP contribution in [0.15, 0.2) is 12.2 Å². The standard InChI is InChI=1S/C9H10O3/c10-8-6-4-2-1-3-5(6)7-9(11-7)12-8/h2,4-7,9H,1,3H2. The summed E-state index contributed by atoms with van der Waals surface area (Å²) in [7, 11) is 0. The first-order valence-corrected chi connectivity index (χ1v) is 4.39. The Bertz CT molecular complexity index is 258. The maximum atomic E-state index is 11.3. The van der Waals surface area contributed by atoms with Gasteiger partial charge in [-0.2, -0.15) is 0 Å². The van der Waals surface area contributed by atoms with Crippen molar-refractivity contribution in [3.8, 4) is 0 Å². The van der Waals surface area contributed by atoms with E-state index in [0.717, 1.165) is 12.8 Å². The van der Waals surface area contributed by atoms with Crippen LogP contribution in [0.25, 0.3) is 0 Å². The van der Waals surface area contributed by atoms with Crippen LogP contribution in [-0.4, -0.2) is 18.4 Å². The average molecular weight is 166 g/mol. The van der Waals surface area contributed by atoms with Crippen LogP contribution < -0.4 is 0 Å². The predicted octanol–water partition coefficient (Wildman–Crippen LogP) is 0.851. The Hall–Kier alpha value is -0.830. The fourth-order valence-electron chi connectivity index (χ4n) is 2.18. The van der Waals surface area contributed by atoms with Gasteiger partial charge in [0.05, 0.1) is 5.92 Å². The molecule has 0 aromatic rings. The van der Waals surface area contributed by atoms with Gasteiger partial charge in [-0.3, -0.25) is 4.79 Å². The third-order valence-electron chi connectivity index (χ3n) is 2.88. The van der Waals surface area contributed by atoms with E-state index in [1.54, 1.807) is 0 Å². The van der Waals surface area contributed by atoms with Gasteiger partial charge < -0.3 is 9.47 Å². The molecular formula is C9H10O3. The molecule has 0 amide bonds. The van der Waals surface area contributed by atoms with Crippen LogP contribution in [0.4, 0.5) is 0 Å². The maximum Gasteiger partial charge on any atom is 0.315 e. The molecule has 3 nitrogen and oxygen atoms in total. The number of fused-ring (bicyclic) bond motifs is 3. The lowest BCUT2D eigenvalue weighted by molar-refractivity contribution is -0.155. The highest BCUT2D eigenvalue weighted by Gasteiger charge is 2.56. The molecule has 2 aliphatic heterocycles. The molecule has 0 aromatic carbocycles. The molecule has 2 saturated heterocycles. The topological polar surface area (TPSA) is 38.8 Å². The number of rotatable bonds is 0. The van der Waals surface area contributed by atoms with Gasteiger partial charge in [0.1, 0.15) is 6.10 Å². The van der Waals surface area contributed by atoms with E-state index >= 15 is 0 Å². The van der Waals surface area contributed by atoms with Crippen molar-refractivity contribution in [2.24, 2.45) is 11.8 Å². The first kappa shape index (κ1) is 6.66. The van der Waals surface area contributed by atoms with Gasteiger partial charge in [-0.05, 0) is 12.8 Å². The minimum absolute atomic E-state index is 0.0255. The fraction of sp³-hybridized carbons (Fsp3) is 0.667. The van der Waals surface area contributed by atoms with Gasteiger partial charge in [-0.15, -0.1) is 0 Å². The van der Waals surface area contributed by atoms with E-state index < -0.39 is 0 Å². The predicted molar refractivity (Wildman–Crippen MR) is 40.1 cm³/mol. The molecule has 12 heavy (non-hydrogen) atoms. The molecule has 4 unspecified atom stereocenters. The second-order valence-electron chi connectivity index (χ2n) is 3.60. The number of hydrogen-bond acceptors (Lipinski definition) is 3. The monoisotopic (exact) mass is 166 g/mol. The van der Waals surface area contributed by atoms with Gasteiger partial charge in [0.2, 0.25) is 6.29 Å². The van der Waals surface area contributed by atoms with Crippen molar-refractivity contribution in [3.05, 3.63) is 12.2 Å². The van der Waals surface area contributed by atoms with E-state index in [0.29, 0.717) is 5.92 Å². The first-order chi connectivity index (χ1) is 5.86. The van der Waals surface area contributed by atoms with E-state index in [-0.39, 0.29) is 24.3 Å². The summed E-state index contributed by atoms with van der Waals surface area (Å²) in [4.78, 5) is 11.3. The highest BCUT2D eigenvalue weighted by Crippen LogP contribution is 2.44. The van der Waals surface area contributed by atoms with Crippen LogP contribution in [0.2, 0.25) is 0 Å². The molecule has 64 valence electrons. The van der Waals surface area contributed by atoms with Gasteiger partial charge in [0.15, 0.2) is 0 Å². The molecular weight excluding hydrogens is 156 g/mol. The number of epoxide rings is 1. The lowest BCUT2D eigenvalue weighted by atomic mass is 9.80. The zero-order valence-corrected chi connectivity index (χ0v) is 6.60. The SMILES string of the molecule is O=C1OC2OC2C2CCC=CC12. The smallest absolute Gasteiger partial charge is 0.315 e. The minimum atomic E-state index is -0.203. The van der Waals surface area contributed by atoms with E-state index in [4.69, 9.17) is 9.47 Å². The van der Waals surface area contributed by atoms with Gasteiger partial charge >= 0.3 is 5.97 Å². The molecule has 3 rings (SSSR count). The first-order valence-electron chi connectivity index (χ1n) is 4.39. The van der Waals surface area contributed by atoms with E-state index in [9.17, 15) is 4.79 Å². The van der Waals surface area contributed by atoms with E-state index in [1.807, 2.05) is 6.08 Å². The van der Waals surface area contributed by atoms with Gasteiger partial charge in [-0.1, -0.05) is 12.2 Å². The van der Waals surface area contributed by atoms with E-state index in [1.165, 1.54) is 0 Å². The molecule has 3 aliphatic rings. The summed E-state index contributed by atoms with van der Waals surface area (Å²) in [5.41, 5.74) is 0. The van der Waals surface area contributed by atoms with Crippen LogP contribution in [0.5, 0.6) is 0 Å². The summed E-state index contributed by atoms with van der Waals surface area (Å²) in [5.74, 6) is 0.262. The number of carbonyl (C=O) groups excluding carboxylic acids is 1. The summed E-state index contributed by atoms with van der Waals surface area (Å²) in [5, 5.41) is 0. The number of ether oxygens (including phenoxy) is 2. The zero-order chi connectivity index (χ0) is 8.13. The third kappa shape index (κ3) is 0.771. The molecule has 0 spiro atoms. The van der Waals surface area contributed by atoms with Crippen molar-refractivity contribution in [2.75, 3.05) is 0 Å². The number of allylic oxidation sites excluding steroid dienone is 1. The molecule has 2 heterocycles. The molecule has 0 N–H and O–H groups in total. The summed E-state index contributed by atoms with van der Waals surface area (Å²) in [6.07, 6.45) is 6.17. The molecule has 4 atom stereocenters. The Morgan fingerprint density at radius 2 is 2.42 bits per heavy atom. The minimum Gasteiger partial charge on any atom is -0.432 e. The molecule has 0 bridgehead atoms. The Kier molecular flexibility index (Phi) is 1.17. The van der Waals surface area contributed by atoms with Crippen molar-refractivity contribution in [2.45, 2.75) is 25.2 Å². The lowest BCUT2D eigenvalue weighted by Gasteiger charge is -2.27. The Morgan fingerprint density at radius 3 is 3.33 bits per heavy atom. The lowest BCUT2D eigenvalue weighted by Crippen LogP contribution is -2.35. The molecule has 0 aromatic heterocycles. The van der Waals surface area contributed by atoms with Gasteiger partial charge in [0.25, 0.3) is 0 Å². The van der Waals surface area contributed by atoms with Crippen molar-refractivity contribution in [1.82, 2.24) is 0 Å². The average Bonchev–Trinajstić information content (AvgIpc) is 2.84. The molecule has 2 fully saturated rings. The Morgan fingerprint density at radius 1 is 1.50 bits per heavy atom. The largest absolute Gasteiger partial charge is 0.432 e. The number of esters is 1. The summed E-state index contributed by atoms with van der Waals surface area (Å²) < 4.78 is 10.3. The van der Waals surface area contributed by atoms with Crippen molar-refractivity contribution < 1.29 is 14.3 Å². The molecule has 0 radical (unpaired) electrons. The van der Waals surface area contributed by atoms with Crippen LogP contribution >= 0.6 is 0 Å². The highest BCUT2D eigenvalue weighted by atomic mass is 16.8. The third-order valence-corrected chi connectivity index (χ3v) is 2.88. The maximum absolute atomic E-state index is 11.3. The van der Waals surface area contributed by atoms with Gasteiger partial charge in [-0.25, -0.2) is 0 Å². The van der Waals surface area contributed by atoms with Gasteiger partial charge in [0, 0.05) is 5.92 Å². The normalized spacial score (nSPS) is 49.2. The summed E-state index contributed by atoms with van der Waals surface area (Å²) >= 11 is 0. The molecule has 3 heteroatoms. The second kappa shape index (κ2) is 2.10. The highest BCUT2D eigenvalue weighted by molar-refractivity contribution is 5.76. The van der Waals surface area contributed by atoms with Crippen molar-refractivity contribution in [3.63, 3.8) is 0 Å². The van der Waals surface area contributed by atoms with Crippen LogP contribution in [0, 0.1) is 11.8 Å². The number of hydrogen-bond donors (Lipinski definition) is 0. The quantitative estimate of drug-likeness (QED) is 0.304. The Labute approximate surface area is 70.3 Å². The van der Waals surface area contributed by atoms with E-state index in [2.05, 4.69) is 6.08 Å². The zero-order valence-electron chi connectivity index (χ0n) is 6.60. The second-order valence-corrected chi connectivity index (χ2v) is 3.60. The van der Waals surface area contributed by atoms with Crippen molar-refractivity contribution >= 4 is 5.97 Å². The van der Waals surface area contributed by atoms with Crippen molar-refractivity contribution in [1.29, 1.82) is 0 Å².